The molecule has 1 saturated carbocycles. The summed E-state index contributed by atoms with van der Waals surface area (Å²) >= 11 is 0. The lowest BCUT2D eigenvalue weighted by Gasteiger charge is -2.23. The molecule has 0 aromatic heterocycles. The van der Waals surface area contributed by atoms with E-state index < -0.39 is 17.3 Å². The van der Waals surface area contributed by atoms with Crippen molar-refractivity contribution < 1.29 is 22.7 Å². The van der Waals surface area contributed by atoms with Crippen LogP contribution in [-0.2, 0) is 17.5 Å². The quantitative estimate of drug-likeness (QED) is 0.194. The monoisotopic (exact) mass is 556 g/mol. The van der Waals surface area contributed by atoms with Gasteiger partial charge >= 0.3 is 6.18 Å². The first-order valence-electron chi connectivity index (χ1n) is 10.1. The molecule has 2 rings (SSSR count). The van der Waals surface area contributed by atoms with Gasteiger partial charge in [-0.05, 0) is 57.7 Å². The largest absolute Gasteiger partial charge is 0.488 e. The summed E-state index contributed by atoms with van der Waals surface area (Å²) in [7, 11) is 1.54. The molecule has 1 aliphatic rings. The van der Waals surface area contributed by atoms with Crippen molar-refractivity contribution in [2.75, 3.05) is 13.6 Å². The summed E-state index contributed by atoms with van der Waals surface area (Å²) in [4.78, 5) is 15.7. The fourth-order valence-corrected chi connectivity index (χ4v) is 2.77. The molecule has 0 atom stereocenters. The SMILES string of the molecule is CN=C(NCCCC(=O)NC1CC1)NCc1ccc(OC(C)(C)C)cc1C(F)(F)F.I. The Bertz CT molecular complexity index is 760. The second kappa shape index (κ2) is 11.8. The van der Waals surface area contributed by atoms with E-state index in [1.807, 2.05) is 0 Å². The number of nitrogens with one attached hydrogen (secondary N) is 3. The Morgan fingerprint density at radius 3 is 2.42 bits per heavy atom. The van der Waals surface area contributed by atoms with Crippen molar-refractivity contribution in [2.45, 2.75) is 70.8 Å². The Hall–Kier alpha value is -1.72. The minimum atomic E-state index is -4.50. The number of guanidine groups is 1. The summed E-state index contributed by atoms with van der Waals surface area (Å²) < 4.78 is 46.1. The molecule has 0 aliphatic heterocycles. The molecule has 1 fully saturated rings. The highest BCUT2D eigenvalue weighted by atomic mass is 127. The molecule has 176 valence electrons. The zero-order valence-electron chi connectivity index (χ0n) is 18.4. The van der Waals surface area contributed by atoms with Gasteiger partial charge in [-0.3, -0.25) is 9.79 Å². The molecule has 0 unspecified atom stereocenters. The summed E-state index contributed by atoms with van der Waals surface area (Å²) in [5.41, 5.74) is -1.25. The van der Waals surface area contributed by atoms with Crippen LogP contribution in [0.5, 0.6) is 5.75 Å². The van der Waals surface area contributed by atoms with Crippen LogP contribution in [-0.4, -0.2) is 37.1 Å². The van der Waals surface area contributed by atoms with Gasteiger partial charge in [0.15, 0.2) is 5.96 Å². The van der Waals surface area contributed by atoms with Crippen molar-refractivity contribution in [3.8, 4) is 5.75 Å². The molecule has 1 aromatic rings. The second-order valence-corrected chi connectivity index (χ2v) is 8.33. The predicted molar refractivity (Wildman–Crippen MR) is 126 cm³/mol. The van der Waals surface area contributed by atoms with E-state index in [1.165, 1.54) is 12.1 Å². The molecule has 1 aromatic carbocycles. The Balaban J connectivity index is 0.00000480. The van der Waals surface area contributed by atoms with E-state index >= 15 is 0 Å². The van der Waals surface area contributed by atoms with Gasteiger partial charge in [0.2, 0.25) is 5.91 Å². The van der Waals surface area contributed by atoms with E-state index in [-0.39, 0.29) is 47.7 Å². The number of carbonyl (C=O) groups is 1. The van der Waals surface area contributed by atoms with Crippen molar-refractivity contribution in [3.63, 3.8) is 0 Å². The van der Waals surface area contributed by atoms with Crippen molar-refractivity contribution in [1.29, 1.82) is 0 Å². The molecular formula is C21H32F3IN4O2. The third-order valence-corrected chi connectivity index (χ3v) is 4.30. The van der Waals surface area contributed by atoms with Gasteiger partial charge < -0.3 is 20.7 Å². The van der Waals surface area contributed by atoms with Gasteiger partial charge in [0.05, 0.1) is 5.56 Å². The molecule has 1 amide bonds. The molecule has 0 spiro atoms. The number of benzene rings is 1. The van der Waals surface area contributed by atoms with E-state index in [0.29, 0.717) is 31.4 Å². The van der Waals surface area contributed by atoms with E-state index in [9.17, 15) is 18.0 Å². The Morgan fingerprint density at radius 1 is 1.19 bits per heavy atom. The first-order valence-corrected chi connectivity index (χ1v) is 10.1. The van der Waals surface area contributed by atoms with E-state index in [1.54, 1.807) is 27.8 Å². The smallest absolute Gasteiger partial charge is 0.416 e. The van der Waals surface area contributed by atoms with Crippen LogP contribution in [0, 0.1) is 0 Å². The first-order chi connectivity index (χ1) is 14.0. The zero-order valence-corrected chi connectivity index (χ0v) is 20.7. The molecule has 0 radical (unpaired) electrons. The number of hydrogen-bond donors (Lipinski definition) is 3. The predicted octanol–water partition coefficient (Wildman–Crippen LogP) is 4.22. The first kappa shape index (κ1) is 27.3. The molecule has 1 aliphatic carbocycles. The Kier molecular flexibility index (Phi) is 10.4. The topological polar surface area (TPSA) is 74.8 Å². The normalized spacial score (nSPS) is 14.5. The second-order valence-electron chi connectivity index (χ2n) is 8.33. The lowest BCUT2D eigenvalue weighted by molar-refractivity contribution is -0.138. The highest BCUT2D eigenvalue weighted by Crippen LogP contribution is 2.35. The molecule has 0 bridgehead atoms. The van der Waals surface area contributed by atoms with Gasteiger partial charge in [-0.2, -0.15) is 13.2 Å². The minimum absolute atomic E-state index is 0. The van der Waals surface area contributed by atoms with Crippen LogP contribution < -0.4 is 20.7 Å². The third-order valence-electron chi connectivity index (χ3n) is 4.30. The maximum atomic E-state index is 13.5. The van der Waals surface area contributed by atoms with Crippen LogP contribution in [0.4, 0.5) is 13.2 Å². The van der Waals surface area contributed by atoms with Crippen LogP contribution >= 0.6 is 24.0 Å². The van der Waals surface area contributed by atoms with Gasteiger partial charge in [0.1, 0.15) is 11.4 Å². The lowest BCUT2D eigenvalue weighted by atomic mass is 10.1. The number of halogens is 4. The molecular weight excluding hydrogens is 524 g/mol. The summed E-state index contributed by atoms with van der Waals surface area (Å²) in [6.45, 7) is 5.78. The molecule has 0 saturated heterocycles. The van der Waals surface area contributed by atoms with Gasteiger partial charge in [0.25, 0.3) is 0 Å². The number of nitrogens with zero attached hydrogens (tertiary/aromatic N) is 1. The summed E-state index contributed by atoms with van der Waals surface area (Å²) in [5.74, 6) is 0.570. The molecule has 6 nitrogen and oxygen atoms in total. The minimum Gasteiger partial charge on any atom is -0.488 e. The van der Waals surface area contributed by atoms with Gasteiger partial charge in [0, 0.05) is 32.6 Å². The number of aliphatic imine (C=N–C) groups is 1. The number of alkyl halides is 3. The maximum Gasteiger partial charge on any atom is 0.416 e. The fourth-order valence-electron chi connectivity index (χ4n) is 2.77. The Morgan fingerprint density at radius 2 is 1.87 bits per heavy atom. The van der Waals surface area contributed by atoms with Crippen molar-refractivity contribution >= 4 is 35.8 Å². The summed E-state index contributed by atoms with van der Waals surface area (Å²) in [6.07, 6.45) is -1.41. The van der Waals surface area contributed by atoms with E-state index in [4.69, 9.17) is 4.74 Å². The number of ether oxygens (including phenoxy) is 1. The Labute approximate surface area is 198 Å². The third kappa shape index (κ3) is 10.4. The average molecular weight is 556 g/mol. The van der Waals surface area contributed by atoms with Crippen molar-refractivity contribution in [2.24, 2.45) is 4.99 Å². The van der Waals surface area contributed by atoms with Crippen LogP contribution in [0.15, 0.2) is 23.2 Å². The van der Waals surface area contributed by atoms with Gasteiger partial charge in [-0.25, -0.2) is 0 Å². The standard InChI is InChI=1S/C21H31F3N4O2.HI/c1-20(2,3)30-16-10-7-14(17(12-16)21(22,23)24)13-27-19(25-4)26-11-5-6-18(29)28-15-8-9-15;/h7,10,12,15H,5-6,8-9,11,13H2,1-4H3,(H,28,29)(H2,25,26,27);1H. The van der Waals surface area contributed by atoms with Crippen LogP contribution in [0.3, 0.4) is 0 Å². The van der Waals surface area contributed by atoms with Gasteiger partial charge in [-0.15, -0.1) is 24.0 Å². The highest BCUT2D eigenvalue weighted by Gasteiger charge is 2.34. The average Bonchev–Trinajstić information content (AvgIpc) is 3.43. The summed E-state index contributed by atoms with van der Waals surface area (Å²) in [6, 6.07) is 4.30. The van der Waals surface area contributed by atoms with E-state index in [2.05, 4.69) is 20.9 Å². The van der Waals surface area contributed by atoms with Gasteiger partial charge in [-0.1, -0.05) is 6.07 Å². The van der Waals surface area contributed by atoms with Crippen LogP contribution in [0.25, 0.3) is 0 Å². The molecule has 3 N–H and O–H groups in total. The number of rotatable bonds is 8. The highest BCUT2D eigenvalue weighted by molar-refractivity contribution is 14.0. The number of carbonyl (C=O) groups excluding carboxylic acids is 1. The summed E-state index contributed by atoms with van der Waals surface area (Å²) in [5, 5.41) is 8.82. The van der Waals surface area contributed by atoms with Crippen LogP contribution in [0.1, 0.15) is 57.6 Å². The van der Waals surface area contributed by atoms with E-state index in [0.717, 1.165) is 18.9 Å². The zero-order chi connectivity index (χ0) is 22.4. The van der Waals surface area contributed by atoms with Crippen molar-refractivity contribution in [1.82, 2.24) is 16.0 Å². The number of amides is 1. The van der Waals surface area contributed by atoms with Crippen molar-refractivity contribution in [3.05, 3.63) is 29.3 Å². The maximum absolute atomic E-state index is 13.5. The molecule has 0 heterocycles. The lowest BCUT2D eigenvalue weighted by Crippen LogP contribution is -2.38. The number of hydrogen-bond acceptors (Lipinski definition) is 3. The fraction of sp³-hybridized carbons (Fsp3) is 0.619. The molecule has 31 heavy (non-hydrogen) atoms. The molecule has 10 heteroatoms. The van der Waals surface area contributed by atoms with Crippen LogP contribution in [0.2, 0.25) is 0 Å².